The Balaban J connectivity index is 0.906. The first-order valence-corrected chi connectivity index (χ1v) is 41.5. The van der Waals surface area contributed by atoms with Crippen LogP contribution in [0.25, 0.3) is 0 Å². The van der Waals surface area contributed by atoms with E-state index in [0.717, 1.165) is 20.8 Å². The van der Waals surface area contributed by atoms with E-state index in [0.29, 0.717) is 0 Å². The zero-order valence-corrected chi connectivity index (χ0v) is 69.5. The molecule has 58 heteroatoms. The Kier molecular flexibility index (Phi) is 38.1. The predicted molar refractivity (Wildman–Crippen MR) is 396 cm³/mol. The summed E-state index contributed by atoms with van der Waals surface area (Å²) >= 11 is 0. The maximum Gasteiger partial charge on any atom is 0.217 e. The molecule has 55 atom stereocenters. The van der Waals surface area contributed by atoms with Crippen molar-refractivity contribution in [1.29, 1.82) is 0 Å². The highest BCUT2D eigenvalue weighted by molar-refractivity contribution is 5.74. The summed E-state index contributed by atoms with van der Waals surface area (Å²) in [6.07, 6.45) is -110. The van der Waals surface area contributed by atoms with Gasteiger partial charge >= 0.3 is 0 Å². The van der Waals surface area contributed by atoms with Crippen LogP contribution in [0.2, 0.25) is 0 Å². The van der Waals surface area contributed by atoms with Crippen LogP contribution in [0.3, 0.4) is 0 Å². The molecular weight excluding hydrogens is 1790 g/mol. The molecular formula is C72H121N3O55. The Morgan fingerprint density at radius 2 is 0.462 bits per heavy atom. The highest BCUT2D eigenvalue weighted by Crippen LogP contribution is 2.42. The average molecular weight is 1910 g/mol. The molecule has 11 rings (SSSR count). The van der Waals surface area contributed by atoms with Crippen molar-refractivity contribution < 1.29 is 272 Å². The second kappa shape index (κ2) is 46.4. The quantitative estimate of drug-likeness (QED) is 0.0290. The number of nitrogens with one attached hydrogen (secondary N) is 3. The summed E-state index contributed by atoms with van der Waals surface area (Å²) in [4.78, 5) is 39.9. The number of carbonyl (C=O) groups is 3. The molecule has 0 aromatic heterocycles. The molecule has 0 aliphatic carbocycles. The molecule has 0 saturated carbocycles. The summed E-state index contributed by atoms with van der Waals surface area (Å²) in [5.74, 6) is -3.07. The lowest BCUT2D eigenvalue weighted by Gasteiger charge is -2.52. The molecule has 0 aromatic carbocycles. The summed E-state index contributed by atoms with van der Waals surface area (Å²) in [6.45, 7) is -7.48. The van der Waals surface area contributed by atoms with Crippen molar-refractivity contribution >= 4 is 17.7 Å². The zero-order valence-electron chi connectivity index (χ0n) is 69.5. The maximum absolute atomic E-state index is 13.5. The van der Waals surface area contributed by atoms with Crippen molar-refractivity contribution in [2.24, 2.45) is 0 Å². The molecule has 34 N–H and O–H groups in total. The summed E-state index contributed by atoms with van der Waals surface area (Å²) < 4.78 is 124. The van der Waals surface area contributed by atoms with Crippen LogP contribution in [0.1, 0.15) is 27.7 Å². The van der Waals surface area contributed by atoms with Crippen LogP contribution in [0.15, 0.2) is 0 Å². The van der Waals surface area contributed by atoms with Crippen molar-refractivity contribution in [3.05, 3.63) is 0 Å². The van der Waals surface area contributed by atoms with E-state index in [9.17, 15) is 173 Å². The van der Waals surface area contributed by atoms with Gasteiger partial charge in [-0.2, -0.15) is 0 Å². The van der Waals surface area contributed by atoms with Crippen LogP contribution in [-0.4, -0.2) is 580 Å². The Morgan fingerprint density at radius 3 is 0.831 bits per heavy atom. The van der Waals surface area contributed by atoms with Gasteiger partial charge in [-0.25, -0.2) is 0 Å². The molecule has 0 spiro atoms. The minimum atomic E-state index is -2.62. The van der Waals surface area contributed by atoms with Crippen LogP contribution in [0.4, 0.5) is 0 Å². The molecule has 11 saturated heterocycles. The van der Waals surface area contributed by atoms with Gasteiger partial charge in [-0.3, -0.25) is 14.4 Å². The van der Waals surface area contributed by atoms with Crippen LogP contribution in [-0.2, 0) is 114 Å². The van der Waals surface area contributed by atoms with E-state index in [4.69, 9.17) is 99.5 Å². The van der Waals surface area contributed by atoms with Gasteiger partial charge in [0, 0.05) is 20.8 Å². The van der Waals surface area contributed by atoms with Crippen molar-refractivity contribution in [2.45, 2.75) is 365 Å². The Bertz CT molecular complexity index is 3500. The molecule has 130 heavy (non-hydrogen) atoms. The van der Waals surface area contributed by atoms with Crippen molar-refractivity contribution in [1.82, 2.24) is 16.0 Å². The topological polar surface area (TPSA) is 908 Å². The second-order valence-corrected chi connectivity index (χ2v) is 33.0. The molecule has 58 nitrogen and oxygen atoms in total. The number of aliphatic hydroxyl groups excluding tert-OH is 31. The molecule has 754 valence electrons. The molecule has 0 aromatic rings. The first-order chi connectivity index (χ1) is 61.5. The van der Waals surface area contributed by atoms with E-state index >= 15 is 0 Å². The standard InChI is InChI=1S/C72H121N3O55/c1-15-32(88)42(98)47(103)66(111-15)130-61-60(129-68-49(105)44(100)34(90)20(6-77)114-68)37(93)23(9-80)117-72(61)125-55-27(13-84)120-65(31(41(55)97)75-18(4)87)127-59-38(94)28(14-110-63-29(73-16(2)85)39(95)53(25(11-82)118-63)122-69-51(107)58(36(92)22(8-79)115-69)128-67-48(104)43(99)33(89)19(5-76)113-67)121-71(52(59)108)123-54-26(12-83)119-64(30(40(54)96)74-17(3)86)126-57-35(91)21(7-78)116-70(50(57)106)124-56-24(10-81)112-62(109)46(102)45(56)101/h15,19-72,76-84,88-109H,5-14H2,1-4H3,(H,73,85)(H,74,86)(H,75,87)/t15-,19+,20+,21+,22+,23+,24+,25+,26+,27+,28+,29+,30+,31+,32+,33-,34-,35-,36-,37-,38-,39+,40+,41+,42+,43-,44-,45+,46+,47-,48+,49+,50+,51+,52+,53+,54+,55+,56+,57-,58-,59-,60-,61+,62+,63+,64-,65-,66-,67+,68+,69-,70-,71-,72-/m0/s1. The SMILES string of the molecule is CC(=O)N[C@H]1[C@H](OC[C@H]2O[C@@H](O[C@H]3[C@H](O)[C@@H](NC(C)=O)[C@H](O[C@H]4[C@@H](O)[C@@H](CO)O[C@@H](O[C@H]5[C@H](O)[C@@H](O)[C@H](O)O[C@@H]5CO)[C@@H]4O)O[C@@H]3CO)[C@H](O)[C@@H](O[C@@H]3O[C@H](CO)[C@@H](O[C@@H]4O[C@H](CO)[C@H](O)[C@H](O[C@H]5O[C@H](CO)[C@H](O)[C@H](O)[C@H]5O)[C@H]4O[C@@H]4O[C@@H](C)[C@@H](O)[C@@H](O)[C@@H]4O)[C@H](O)[C@H]3NC(C)=O)[C@H]2O)O[C@H](CO)[C@@H](O[C@@H]2O[C@H](CO)[C@H](O)[C@H](O[C@H]3O[C@H](CO)[C@H](O)[C@H](O)[C@H]3O)[C@H]2O)[C@@H]1O. The monoisotopic (exact) mass is 1910 g/mol. The van der Waals surface area contributed by atoms with E-state index in [2.05, 4.69) is 16.0 Å². The lowest BCUT2D eigenvalue weighted by molar-refractivity contribution is -0.406. The minimum absolute atomic E-state index is 0.871. The van der Waals surface area contributed by atoms with Gasteiger partial charge in [0.15, 0.2) is 69.2 Å². The molecule has 11 fully saturated rings. The van der Waals surface area contributed by atoms with E-state index in [1.165, 1.54) is 6.92 Å². The smallest absolute Gasteiger partial charge is 0.217 e. The number of hydrogen-bond donors (Lipinski definition) is 34. The van der Waals surface area contributed by atoms with Crippen LogP contribution in [0, 0.1) is 0 Å². The summed E-state index contributed by atoms with van der Waals surface area (Å²) in [5, 5.41) is 352. The Labute approximate surface area is 735 Å². The second-order valence-electron chi connectivity index (χ2n) is 33.0. The van der Waals surface area contributed by atoms with E-state index in [1.54, 1.807) is 0 Å². The fourth-order valence-electron chi connectivity index (χ4n) is 17.0. The van der Waals surface area contributed by atoms with Gasteiger partial charge in [-0.05, 0) is 6.92 Å². The maximum atomic E-state index is 13.5. The van der Waals surface area contributed by atoms with Gasteiger partial charge in [0.2, 0.25) is 17.7 Å². The number of rotatable bonds is 33. The van der Waals surface area contributed by atoms with E-state index in [-0.39, 0.29) is 0 Å². The van der Waals surface area contributed by atoms with Gasteiger partial charge in [0.05, 0.1) is 72.2 Å². The minimum Gasteiger partial charge on any atom is -0.394 e. The normalized spacial score (nSPS) is 51.0. The Morgan fingerprint density at radius 1 is 0.215 bits per heavy atom. The number of amides is 3. The highest BCUT2D eigenvalue weighted by atomic mass is 16.8. The average Bonchev–Trinajstić information content (AvgIpc) is 0.766. The summed E-state index contributed by atoms with van der Waals surface area (Å²) in [5.41, 5.74) is 0. The molecule has 11 heterocycles. The largest absolute Gasteiger partial charge is 0.394 e. The van der Waals surface area contributed by atoms with Crippen LogP contribution < -0.4 is 16.0 Å². The predicted octanol–water partition coefficient (Wildman–Crippen LogP) is -23.5. The first-order valence-electron chi connectivity index (χ1n) is 41.5. The van der Waals surface area contributed by atoms with Gasteiger partial charge in [-0.15, -0.1) is 0 Å². The van der Waals surface area contributed by atoms with Gasteiger partial charge in [0.25, 0.3) is 0 Å². The van der Waals surface area contributed by atoms with Gasteiger partial charge < -0.3 is 274 Å². The van der Waals surface area contributed by atoms with Gasteiger partial charge in [-0.1, -0.05) is 0 Å². The zero-order chi connectivity index (χ0) is 95.5. The van der Waals surface area contributed by atoms with E-state index in [1.807, 2.05) is 0 Å². The molecule has 0 unspecified atom stereocenters. The van der Waals surface area contributed by atoms with Crippen molar-refractivity contribution in [2.75, 3.05) is 66.1 Å². The lowest BCUT2D eigenvalue weighted by atomic mass is 9.93. The van der Waals surface area contributed by atoms with Crippen LogP contribution in [0.5, 0.6) is 0 Å². The fraction of sp³-hybridized carbons (Fsp3) is 0.958. The van der Waals surface area contributed by atoms with Gasteiger partial charge in [0.1, 0.15) is 262 Å². The van der Waals surface area contributed by atoms with E-state index < -0.39 is 421 Å². The number of hydrogen-bond acceptors (Lipinski definition) is 55. The molecule has 0 radical (unpaired) electrons. The molecule has 11 aliphatic rings. The fourth-order valence-corrected chi connectivity index (χ4v) is 17.0. The third-order valence-electron chi connectivity index (χ3n) is 24.1. The number of carbonyl (C=O) groups excluding carboxylic acids is 3. The summed E-state index contributed by atoms with van der Waals surface area (Å²) in [7, 11) is 0. The molecule has 3 amide bonds. The summed E-state index contributed by atoms with van der Waals surface area (Å²) in [6, 6.07) is -6.18. The Hall–Kier alpha value is -3.67. The molecule has 11 aliphatic heterocycles. The first kappa shape index (κ1) is 107. The van der Waals surface area contributed by atoms with Crippen molar-refractivity contribution in [3.63, 3.8) is 0 Å². The number of aliphatic hydroxyl groups is 31. The third kappa shape index (κ3) is 22.9. The highest BCUT2D eigenvalue weighted by Gasteiger charge is 2.63. The molecule has 0 bridgehead atoms. The lowest BCUT2D eigenvalue weighted by Crippen LogP contribution is -2.71. The third-order valence-corrected chi connectivity index (χ3v) is 24.1. The van der Waals surface area contributed by atoms with Crippen molar-refractivity contribution in [3.8, 4) is 0 Å². The van der Waals surface area contributed by atoms with Crippen LogP contribution >= 0.6 is 0 Å². The number of ether oxygens (including phenoxy) is 21.